The highest BCUT2D eigenvalue weighted by molar-refractivity contribution is 5.22. The molecule has 3 aliphatic heterocycles. The summed E-state index contributed by atoms with van der Waals surface area (Å²) in [7, 11) is 0. The number of likely N-dealkylation sites (tertiary alicyclic amines) is 3. The van der Waals surface area contributed by atoms with Gasteiger partial charge < -0.3 is 14.7 Å². The predicted molar refractivity (Wildman–Crippen MR) is 213 cm³/mol. The molecule has 282 valence electrons. The molecule has 0 aromatic heterocycles. The van der Waals surface area contributed by atoms with Gasteiger partial charge in [-0.05, 0) is 160 Å². The van der Waals surface area contributed by atoms with E-state index in [1.54, 1.807) is 5.56 Å². The average Bonchev–Trinajstić information content (AvgIpc) is 3.04. The Labute approximate surface area is 310 Å². The minimum Gasteiger partial charge on any atom is -0.300 e. The van der Waals surface area contributed by atoms with Crippen molar-refractivity contribution in [2.24, 2.45) is 64.6 Å². The monoisotopic (exact) mass is 686 g/mol. The first kappa shape index (κ1) is 37.4. The molecule has 0 amide bonds. The number of hydrogen-bond donors (Lipinski definition) is 0. The van der Waals surface area contributed by atoms with Crippen molar-refractivity contribution in [3.05, 3.63) is 35.9 Å². The van der Waals surface area contributed by atoms with Crippen LogP contribution < -0.4 is 0 Å². The zero-order chi connectivity index (χ0) is 35.2. The Bertz CT molecular complexity index is 1190. The first-order valence-electron chi connectivity index (χ1n) is 22.3. The van der Waals surface area contributed by atoms with Gasteiger partial charge in [0.1, 0.15) is 0 Å². The molecule has 3 heteroatoms. The van der Waals surface area contributed by atoms with Crippen molar-refractivity contribution in [3.63, 3.8) is 0 Å². The van der Waals surface area contributed by atoms with Gasteiger partial charge >= 0.3 is 0 Å². The summed E-state index contributed by atoms with van der Waals surface area (Å²) >= 11 is 0. The SMILES string of the molecule is CC[C@@H]1CN(C2CC(C[C@H](C)C3CCN(C4CCC4)C[C@H]3C(C)C)C2)CC[C@@H]1C(C)(C)C1CC(N2CC[C@@H](c3ccccc3)[C@H](C(C)C)C2)C1. The maximum absolute atomic E-state index is 2.99. The van der Waals surface area contributed by atoms with Crippen LogP contribution in [0.1, 0.15) is 144 Å². The fourth-order valence-electron chi connectivity index (χ4n) is 13.1. The van der Waals surface area contributed by atoms with E-state index < -0.39 is 0 Å². The summed E-state index contributed by atoms with van der Waals surface area (Å²) in [5.41, 5.74) is 2.05. The van der Waals surface area contributed by atoms with Gasteiger partial charge in [0.2, 0.25) is 0 Å². The van der Waals surface area contributed by atoms with E-state index in [1.165, 1.54) is 116 Å². The Hall–Kier alpha value is -0.900. The van der Waals surface area contributed by atoms with Crippen LogP contribution in [0.5, 0.6) is 0 Å². The summed E-state index contributed by atoms with van der Waals surface area (Å²) in [5.74, 6) is 9.56. The van der Waals surface area contributed by atoms with Crippen LogP contribution in [0.15, 0.2) is 30.3 Å². The lowest BCUT2D eigenvalue weighted by Gasteiger charge is -2.58. The third-order valence-corrected chi connectivity index (χ3v) is 17.1. The minimum atomic E-state index is 0.474. The van der Waals surface area contributed by atoms with Gasteiger partial charge in [-0.2, -0.15) is 0 Å². The topological polar surface area (TPSA) is 9.72 Å². The van der Waals surface area contributed by atoms with Crippen molar-refractivity contribution in [3.8, 4) is 0 Å². The average molecular weight is 686 g/mol. The third kappa shape index (κ3) is 7.69. The molecule has 3 saturated carbocycles. The molecular formula is C47H79N3. The maximum atomic E-state index is 2.99. The Balaban J connectivity index is 0.863. The molecule has 1 aromatic carbocycles. The van der Waals surface area contributed by atoms with E-state index in [0.29, 0.717) is 5.41 Å². The Morgan fingerprint density at radius 1 is 0.660 bits per heavy atom. The quantitative estimate of drug-likeness (QED) is 0.217. The lowest BCUT2D eigenvalue weighted by atomic mass is 9.55. The maximum Gasteiger partial charge on any atom is 0.0101 e. The predicted octanol–water partition coefficient (Wildman–Crippen LogP) is 10.9. The number of hydrogen-bond acceptors (Lipinski definition) is 3. The van der Waals surface area contributed by atoms with Crippen LogP contribution in [0.2, 0.25) is 0 Å². The molecule has 1 aromatic rings. The second-order valence-corrected chi connectivity index (χ2v) is 20.6. The van der Waals surface area contributed by atoms with E-state index in [4.69, 9.17) is 0 Å². The molecule has 0 bridgehead atoms. The number of rotatable bonds is 12. The highest BCUT2D eigenvalue weighted by Crippen LogP contribution is 2.54. The molecule has 0 N–H and O–H groups in total. The van der Waals surface area contributed by atoms with Gasteiger partial charge in [0.15, 0.2) is 0 Å². The molecule has 7 atom stereocenters. The minimum absolute atomic E-state index is 0.474. The van der Waals surface area contributed by atoms with Gasteiger partial charge in [0, 0.05) is 37.8 Å². The lowest BCUT2D eigenvalue weighted by molar-refractivity contribution is -0.0780. The van der Waals surface area contributed by atoms with Crippen LogP contribution in [-0.2, 0) is 0 Å². The fourth-order valence-corrected chi connectivity index (χ4v) is 13.1. The molecule has 0 radical (unpaired) electrons. The van der Waals surface area contributed by atoms with Crippen molar-refractivity contribution < 1.29 is 0 Å². The van der Waals surface area contributed by atoms with Gasteiger partial charge in [-0.25, -0.2) is 0 Å². The molecule has 3 aliphatic carbocycles. The molecule has 7 rings (SSSR count). The summed E-state index contributed by atoms with van der Waals surface area (Å²) in [6.07, 6.45) is 17.4. The number of nitrogens with zero attached hydrogens (tertiary/aromatic N) is 3. The molecular weight excluding hydrogens is 607 g/mol. The second kappa shape index (κ2) is 15.8. The lowest BCUT2D eigenvalue weighted by Crippen LogP contribution is -2.57. The van der Waals surface area contributed by atoms with Crippen molar-refractivity contribution in [2.45, 2.75) is 156 Å². The third-order valence-electron chi connectivity index (χ3n) is 17.1. The number of piperidine rings is 3. The van der Waals surface area contributed by atoms with Crippen molar-refractivity contribution in [1.82, 2.24) is 14.7 Å². The highest BCUT2D eigenvalue weighted by Gasteiger charge is 2.51. The first-order valence-corrected chi connectivity index (χ1v) is 22.3. The van der Waals surface area contributed by atoms with Crippen LogP contribution in [0, 0.1) is 64.6 Å². The summed E-state index contributed by atoms with van der Waals surface area (Å²) < 4.78 is 0. The zero-order valence-electron chi connectivity index (χ0n) is 34.0. The molecule has 3 heterocycles. The normalized spacial score (nSPS) is 38.8. The second-order valence-electron chi connectivity index (χ2n) is 20.6. The molecule has 1 unspecified atom stereocenters. The molecule has 6 aliphatic rings. The van der Waals surface area contributed by atoms with Gasteiger partial charge in [-0.3, -0.25) is 0 Å². The molecule has 0 spiro atoms. The van der Waals surface area contributed by atoms with Crippen LogP contribution in [0.3, 0.4) is 0 Å². The van der Waals surface area contributed by atoms with Crippen molar-refractivity contribution in [1.29, 1.82) is 0 Å². The molecule has 50 heavy (non-hydrogen) atoms. The van der Waals surface area contributed by atoms with E-state index in [9.17, 15) is 0 Å². The molecule has 6 fully saturated rings. The molecule has 3 saturated heterocycles. The van der Waals surface area contributed by atoms with E-state index in [1.807, 2.05) is 0 Å². The van der Waals surface area contributed by atoms with Crippen molar-refractivity contribution in [2.75, 3.05) is 39.3 Å². The summed E-state index contributed by atoms with van der Waals surface area (Å²) in [6.45, 7) is 28.7. The van der Waals surface area contributed by atoms with E-state index in [2.05, 4.69) is 100 Å². The largest absolute Gasteiger partial charge is 0.300 e. The summed E-state index contributed by atoms with van der Waals surface area (Å²) in [6, 6.07) is 14.1. The zero-order valence-corrected chi connectivity index (χ0v) is 34.0. The first-order chi connectivity index (χ1) is 24.0. The standard InChI is InChI=1S/C47H79N3/c1-9-36-29-48(40-25-35(26-40)24-34(6)42-18-21-49(39-16-13-17-39)30-44(42)32(2)3)23-20-46(36)47(7,8)38-27-41(28-38)50-22-19-43(45(31-50)33(4)5)37-14-11-10-12-15-37/h10-12,14-15,32-36,38-46H,9,13,16-31H2,1-8H3/t34-,35?,36+,38?,40?,41?,42?,43-,44-,45-,46-/m0/s1. The van der Waals surface area contributed by atoms with Crippen LogP contribution in [0.4, 0.5) is 0 Å². The number of benzene rings is 1. The van der Waals surface area contributed by atoms with Crippen molar-refractivity contribution >= 4 is 0 Å². The van der Waals surface area contributed by atoms with Crippen LogP contribution in [0.25, 0.3) is 0 Å². The van der Waals surface area contributed by atoms with Gasteiger partial charge in [-0.1, -0.05) is 98.6 Å². The molecule has 3 nitrogen and oxygen atoms in total. The van der Waals surface area contributed by atoms with Gasteiger partial charge in [0.05, 0.1) is 0 Å². The van der Waals surface area contributed by atoms with Crippen LogP contribution in [-0.4, -0.2) is 72.1 Å². The van der Waals surface area contributed by atoms with Gasteiger partial charge in [0.25, 0.3) is 0 Å². The fraction of sp³-hybridized carbons (Fsp3) is 0.872. The van der Waals surface area contributed by atoms with E-state index >= 15 is 0 Å². The summed E-state index contributed by atoms with van der Waals surface area (Å²) in [4.78, 5) is 8.82. The Morgan fingerprint density at radius 2 is 1.26 bits per heavy atom. The van der Waals surface area contributed by atoms with Crippen LogP contribution >= 0.6 is 0 Å². The van der Waals surface area contributed by atoms with E-state index in [-0.39, 0.29) is 0 Å². The smallest absolute Gasteiger partial charge is 0.0101 e. The highest BCUT2D eigenvalue weighted by atomic mass is 15.2. The summed E-state index contributed by atoms with van der Waals surface area (Å²) in [5, 5.41) is 0. The van der Waals surface area contributed by atoms with E-state index in [0.717, 1.165) is 83.2 Å². The Morgan fingerprint density at radius 3 is 1.90 bits per heavy atom. The Kier molecular flexibility index (Phi) is 11.8. The van der Waals surface area contributed by atoms with Gasteiger partial charge in [-0.15, -0.1) is 0 Å².